The Kier molecular flexibility index (Phi) is 4.86. The number of hydrogen-bond acceptors (Lipinski definition) is 3. The SMILES string of the molecule is Cc1ccc(S(=O)(=O)Nc2cc3c(Cl)cccc3c(Br)c2C=O)cc1. The van der Waals surface area contributed by atoms with Crippen molar-refractivity contribution >= 4 is 60.3 Å². The van der Waals surface area contributed by atoms with E-state index >= 15 is 0 Å². The predicted octanol–water partition coefficient (Wildman–Crippen LogP) is 5.18. The molecule has 0 bridgehead atoms. The maximum absolute atomic E-state index is 12.6. The van der Waals surface area contributed by atoms with E-state index in [-0.39, 0.29) is 16.1 Å². The molecule has 1 N–H and O–H groups in total. The number of fused-ring (bicyclic) bond motifs is 1. The van der Waals surface area contributed by atoms with Crippen molar-refractivity contribution in [3.63, 3.8) is 0 Å². The lowest BCUT2D eigenvalue weighted by atomic mass is 10.1. The number of sulfonamides is 1. The number of halogens is 2. The van der Waals surface area contributed by atoms with Gasteiger partial charge in [0.25, 0.3) is 10.0 Å². The summed E-state index contributed by atoms with van der Waals surface area (Å²) in [5.74, 6) is 0. The second-order valence-electron chi connectivity index (χ2n) is 5.52. The fraction of sp³-hybridized carbons (Fsp3) is 0.0556. The van der Waals surface area contributed by atoms with Crippen molar-refractivity contribution in [3.05, 3.63) is 69.2 Å². The number of nitrogens with one attached hydrogen (secondary N) is 1. The van der Waals surface area contributed by atoms with E-state index in [1.807, 2.05) is 6.92 Å². The van der Waals surface area contributed by atoms with Crippen LogP contribution in [0.1, 0.15) is 15.9 Å². The van der Waals surface area contributed by atoms with E-state index in [4.69, 9.17) is 11.6 Å². The van der Waals surface area contributed by atoms with Crippen LogP contribution in [0, 0.1) is 6.92 Å². The molecule has 3 rings (SSSR count). The Balaban J connectivity index is 2.16. The molecule has 25 heavy (non-hydrogen) atoms. The average molecular weight is 439 g/mol. The largest absolute Gasteiger partial charge is 0.298 e. The summed E-state index contributed by atoms with van der Waals surface area (Å²) in [5, 5.41) is 1.84. The van der Waals surface area contributed by atoms with E-state index < -0.39 is 10.0 Å². The van der Waals surface area contributed by atoms with Crippen LogP contribution in [0.2, 0.25) is 5.02 Å². The minimum absolute atomic E-state index is 0.116. The molecule has 0 radical (unpaired) electrons. The standard InChI is InChI=1S/C18H13BrClNO3S/c1-11-5-7-12(8-6-11)25(23,24)21-17-9-14-13(3-2-4-16(14)20)18(19)15(17)10-22/h2-10,21H,1H3. The topological polar surface area (TPSA) is 63.2 Å². The smallest absolute Gasteiger partial charge is 0.261 e. The highest BCUT2D eigenvalue weighted by molar-refractivity contribution is 9.10. The van der Waals surface area contributed by atoms with Gasteiger partial charge in [-0.25, -0.2) is 8.42 Å². The summed E-state index contributed by atoms with van der Waals surface area (Å²) in [7, 11) is -3.83. The Morgan fingerprint density at radius 1 is 1.08 bits per heavy atom. The average Bonchev–Trinajstić information content (AvgIpc) is 2.56. The molecular formula is C18H13BrClNO3S. The highest BCUT2D eigenvalue weighted by Gasteiger charge is 2.19. The highest BCUT2D eigenvalue weighted by Crippen LogP contribution is 2.36. The van der Waals surface area contributed by atoms with E-state index in [1.165, 1.54) is 12.1 Å². The molecule has 4 nitrogen and oxygen atoms in total. The molecule has 0 saturated carbocycles. The van der Waals surface area contributed by atoms with Gasteiger partial charge in [-0.3, -0.25) is 9.52 Å². The van der Waals surface area contributed by atoms with Crippen LogP contribution in [0.4, 0.5) is 5.69 Å². The maximum atomic E-state index is 12.6. The minimum atomic E-state index is -3.83. The van der Waals surface area contributed by atoms with E-state index in [1.54, 1.807) is 36.4 Å². The van der Waals surface area contributed by atoms with E-state index in [0.29, 0.717) is 21.2 Å². The van der Waals surface area contributed by atoms with E-state index in [2.05, 4.69) is 20.7 Å². The van der Waals surface area contributed by atoms with Crippen LogP contribution in [-0.2, 0) is 10.0 Å². The van der Waals surface area contributed by atoms with Crippen LogP contribution in [0.25, 0.3) is 10.8 Å². The summed E-state index contributed by atoms with van der Waals surface area (Å²) in [6, 6.07) is 13.3. The Hall–Kier alpha value is -1.89. The summed E-state index contributed by atoms with van der Waals surface area (Å²) >= 11 is 9.59. The van der Waals surface area contributed by atoms with Gasteiger partial charge in [0.1, 0.15) is 0 Å². The van der Waals surface area contributed by atoms with Gasteiger partial charge in [-0.15, -0.1) is 0 Å². The molecule has 0 aliphatic carbocycles. The van der Waals surface area contributed by atoms with E-state index in [9.17, 15) is 13.2 Å². The van der Waals surface area contributed by atoms with Crippen LogP contribution in [0.15, 0.2) is 57.9 Å². The summed E-state index contributed by atoms with van der Waals surface area (Å²) in [4.78, 5) is 11.7. The Labute approximate surface area is 159 Å². The second-order valence-corrected chi connectivity index (χ2v) is 8.41. The van der Waals surface area contributed by atoms with Gasteiger partial charge in [0.2, 0.25) is 0 Å². The van der Waals surface area contributed by atoms with Gasteiger partial charge in [-0.1, -0.05) is 41.4 Å². The van der Waals surface area contributed by atoms with Crippen LogP contribution in [-0.4, -0.2) is 14.7 Å². The Morgan fingerprint density at radius 2 is 1.76 bits per heavy atom. The number of rotatable bonds is 4. The molecule has 0 saturated heterocycles. The molecule has 128 valence electrons. The predicted molar refractivity (Wildman–Crippen MR) is 104 cm³/mol. The minimum Gasteiger partial charge on any atom is -0.298 e. The van der Waals surface area contributed by atoms with Crippen LogP contribution < -0.4 is 4.72 Å². The van der Waals surface area contributed by atoms with Crippen molar-refractivity contribution in [1.29, 1.82) is 0 Å². The number of carbonyl (C=O) groups excluding carboxylic acids is 1. The van der Waals surface area contributed by atoms with Crippen molar-refractivity contribution in [1.82, 2.24) is 0 Å². The number of anilines is 1. The third-order valence-corrected chi connectivity index (χ3v) is 6.36. The zero-order valence-electron chi connectivity index (χ0n) is 13.1. The molecular weight excluding hydrogens is 426 g/mol. The first-order valence-electron chi connectivity index (χ1n) is 7.29. The van der Waals surface area contributed by atoms with Crippen molar-refractivity contribution in [2.45, 2.75) is 11.8 Å². The number of aryl methyl sites for hydroxylation is 1. The summed E-state index contributed by atoms with van der Waals surface area (Å²) in [6.45, 7) is 1.87. The van der Waals surface area contributed by atoms with Gasteiger partial charge in [0.05, 0.1) is 16.1 Å². The molecule has 7 heteroatoms. The Morgan fingerprint density at radius 3 is 2.40 bits per heavy atom. The highest BCUT2D eigenvalue weighted by atomic mass is 79.9. The van der Waals surface area contributed by atoms with Crippen molar-refractivity contribution in [3.8, 4) is 0 Å². The zero-order chi connectivity index (χ0) is 18.2. The van der Waals surface area contributed by atoms with Crippen molar-refractivity contribution in [2.75, 3.05) is 4.72 Å². The monoisotopic (exact) mass is 437 g/mol. The molecule has 3 aromatic carbocycles. The molecule has 3 aromatic rings. The van der Waals surface area contributed by atoms with Gasteiger partial charge in [0.15, 0.2) is 6.29 Å². The number of hydrogen-bond donors (Lipinski definition) is 1. The van der Waals surface area contributed by atoms with Gasteiger partial charge in [-0.05, 0) is 52.5 Å². The molecule has 0 spiro atoms. The van der Waals surface area contributed by atoms with Crippen molar-refractivity contribution in [2.24, 2.45) is 0 Å². The van der Waals surface area contributed by atoms with Crippen LogP contribution in [0.3, 0.4) is 0 Å². The first-order chi connectivity index (χ1) is 11.8. The fourth-order valence-electron chi connectivity index (χ4n) is 2.48. The molecule has 0 unspecified atom stereocenters. The first-order valence-corrected chi connectivity index (χ1v) is 9.94. The normalized spacial score (nSPS) is 11.5. The summed E-state index contributed by atoms with van der Waals surface area (Å²) in [6.07, 6.45) is 0.609. The molecule has 0 aliphatic heterocycles. The van der Waals surface area contributed by atoms with Gasteiger partial charge >= 0.3 is 0 Å². The lowest BCUT2D eigenvalue weighted by Crippen LogP contribution is -2.14. The summed E-state index contributed by atoms with van der Waals surface area (Å²) < 4.78 is 28.3. The van der Waals surface area contributed by atoms with Gasteiger partial charge < -0.3 is 0 Å². The molecule has 0 atom stereocenters. The second kappa shape index (κ2) is 6.78. The third kappa shape index (κ3) is 3.42. The van der Waals surface area contributed by atoms with Crippen molar-refractivity contribution < 1.29 is 13.2 Å². The lowest BCUT2D eigenvalue weighted by Gasteiger charge is -2.14. The molecule has 0 fully saturated rings. The number of carbonyl (C=O) groups is 1. The molecule has 0 heterocycles. The molecule has 0 aliphatic rings. The first kappa shape index (κ1) is 17.9. The lowest BCUT2D eigenvalue weighted by molar-refractivity contribution is 0.112. The molecule has 0 aromatic heterocycles. The van der Waals surface area contributed by atoms with Gasteiger partial charge in [0, 0.05) is 14.9 Å². The van der Waals surface area contributed by atoms with Crippen LogP contribution >= 0.6 is 27.5 Å². The quantitative estimate of drug-likeness (QED) is 0.571. The number of benzene rings is 3. The summed E-state index contributed by atoms with van der Waals surface area (Å²) in [5.41, 5.74) is 1.33. The number of aldehydes is 1. The fourth-order valence-corrected chi connectivity index (χ4v) is 4.43. The zero-order valence-corrected chi connectivity index (χ0v) is 16.2. The van der Waals surface area contributed by atoms with E-state index in [0.717, 1.165) is 10.9 Å². The van der Waals surface area contributed by atoms with Gasteiger partial charge in [-0.2, -0.15) is 0 Å². The van der Waals surface area contributed by atoms with Crippen LogP contribution in [0.5, 0.6) is 0 Å². The third-order valence-electron chi connectivity index (χ3n) is 3.80. The Bertz CT molecular complexity index is 1080. The maximum Gasteiger partial charge on any atom is 0.261 e. The molecule has 0 amide bonds.